The largest absolute Gasteiger partial charge is 0.350 e. The Balaban J connectivity index is 1.73. The van der Waals surface area contributed by atoms with E-state index in [1.54, 1.807) is 0 Å². The second-order valence-electron chi connectivity index (χ2n) is 6.55. The zero-order valence-electron chi connectivity index (χ0n) is 13.1. The molecule has 2 aliphatic rings. The van der Waals surface area contributed by atoms with Crippen LogP contribution in [0.1, 0.15) is 39.5 Å². The second-order valence-corrected chi connectivity index (χ2v) is 6.55. The van der Waals surface area contributed by atoms with Gasteiger partial charge in [0.05, 0.1) is 12.6 Å². The Morgan fingerprint density at radius 3 is 2.71 bits per heavy atom. The molecular formula is C15H28N4O2. The fraction of sp³-hybridized carbons (Fsp3) is 0.867. The van der Waals surface area contributed by atoms with E-state index in [1.165, 1.54) is 12.8 Å². The summed E-state index contributed by atoms with van der Waals surface area (Å²) in [6.07, 6.45) is 4.68. The van der Waals surface area contributed by atoms with Gasteiger partial charge in [0, 0.05) is 18.6 Å². The molecule has 6 heteroatoms. The summed E-state index contributed by atoms with van der Waals surface area (Å²) in [5.41, 5.74) is 5.75. The van der Waals surface area contributed by atoms with E-state index in [0.29, 0.717) is 6.04 Å². The SMILES string of the molecule is CC(C)[C@H](N)C(=O)NCC(=O)NC1CCN2CCCCC12. The molecule has 120 valence electrons. The predicted molar refractivity (Wildman–Crippen MR) is 81.6 cm³/mol. The van der Waals surface area contributed by atoms with Gasteiger partial charge in [-0.05, 0) is 31.7 Å². The highest BCUT2D eigenvalue weighted by molar-refractivity contribution is 5.87. The molecule has 2 unspecified atom stereocenters. The molecule has 3 atom stereocenters. The number of piperidine rings is 1. The molecule has 2 aliphatic heterocycles. The molecule has 0 saturated carbocycles. The van der Waals surface area contributed by atoms with Crippen molar-refractivity contribution >= 4 is 11.8 Å². The van der Waals surface area contributed by atoms with Crippen molar-refractivity contribution < 1.29 is 9.59 Å². The Hall–Kier alpha value is -1.14. The molecule has 0 radical (unpaired) electrons. The summed E-state index contributed by atoms with van der Waals surface area (Å²) in [6.45, 7) is 6.01. The lowest BCUT2D eigenvalue weighted by Gasteiger charge is -2.32. The van der Waals surface area contributed by atoms with Crippen molar-refractivity contribution in [1.29, 1.82) is 0 Å². The van der Waals surface area contributed by atoms with Gasteiger partial charge in [0.1, 0.15) is 0 Å². The molecule has 2 heterocycles. The molecule has 21 heavy (non-hydrogen) atoms. The summed E-state index contributed by atoms with van der Waals surface area (Å²) in [4.78, 5) is 26.2. The maximum Gasteiger partial charge on any atom is 0.239 e. The molecule has 0 aromatic heterocycles. The van der Waals surface area contributed by atoms with Crippen LogP contribution in [0, 0.1) is 5.92 Å². The zero-order valence-corrected chi connectivity index (χ0v) is 13.1. The van der Waals surface area contributed by atoms with Crippen LogP contribution in [0.5, 0.6) is 0 Å². The lowest BCUT2D eigenvalue weighted by atomic mass is 9.99. The van der Waals surface area contributed by atoms with Crippen LogP contribution in [-0.4, -0.2) is 54.5 Å². The quantitative estimate of drug-likeness (QED) is 0.657. The zero-order chi connectivity index (χ0) is 15.4. The Morgan fingerprint density at radius 1 is 1.24 bits per heavy atom. The number of carbonyl (C=O) groups excluding carboxylic acids is 2. The fourth-order valence-electron chi connectivity index (χ4n) is 3.26. The average molecular weight is 296 g/mol. The first-order chi connectivity index (χ1) is 9.99. The minimum absolute atomic E-state index is 0.0163. The smallest absolute Gasteiger partial charge is 0.239 e. The van der Waals surface area contributed by atoms with Gasteiger partial charge in [0.25, 0.3) is 0 Å². The lowest BCUT2D eigenvalue weighted by molar-refractivity contribution is -0.127. The van der Waals surface area contributed by atoms with Gasteiger partial charge in [-0.3, -0.25) is 14.5 Å². The molecule has 0 aromatic rings. The van der Waals surface area contributed by atoms with E-state index in [9.17, 15) is 9.59 Å². The van der Waals surface area contributed by atoms with Crippen LogP contribution < -0.4 is 16.4 Å². The average Bonchev–Trinajstić information content (AvgIpc) is 2.87. The van der Waals surface area contributed by atoms with Crippen molar-refractivity contribution in [2.45, 2.75) is 57.7 Å². The summed E-state index contributed by atoms with van der Waals surface area (Å²) < 4.78 is 0. The highest BCUT2D eigenvalue weighted by Crippen LogP contribution is 2.26. The van der Waals surface area contributed by atoms with E-state index >= 15 is 0 Å². The second kappa shape index (κ2) is 7.22. The van der Waals surface area contributed by atoms with Crippen molar-refractivity contribution in [3.05, 3.63) is 0 Å². The van der Waals surface area contributed by atoms with E-state index < -0.39 is 6.04 Å². The standard InChI is InChI=1S/C15H28N4O2/c1-10(2)14(16)15(21)17-9-13(20)18-11-6-8-19-7-4-3-5-12(11)19/h10-12,14H,3-9,16H2,1-2H3,(H,17,21)(H,18,20)/t11?,12?,14-/m0/s1. The van der Waals surface area contributed by atoms with Crippen LogP contribution in [0.3, 0.4) is 0 Å². The third-order valence-corrected chi connectivity index (χ3v) is 4.65. The van der Waals surface area contributed by atoms with Gasteiger partial charge in [0.15, 0.2) is 0 Å². The molecular weight excluding hydrogens is 268 g/mol. The Kier molecular flexibility index (Phi) is 5.58. The minimum Gasteiger partial charge on any atom is -0.350 e. The van der Waals surface area contributed by atoms with Crippen LogP contribution in [0.15, 0.2) is 0 Å². The monoisotopic (exact) mass is 296 g/mol. The van der Waals surface area contributed by atoms with Gasteiger partial charge >= 0.3 is 0 Å². The number of nitrogens with one attached hydrogen (secondary N) is 2. The molecule has 2 amide bonds. The molecule has 2 fully saturated rings. The minimum atomic E-state index is -0.557. The first kappa shape index (κ1) is 16.2. The number of amides is 2. The van der Waals surface area contributed by atoms with Crippen molar-refractivity contribution in [3.8, 4) is 0 Å². The number of nitrogens with two attached hydrogens (primary N) is 1. The molecule has 2 rings (SSSR count). The van der Waals surface area contributed by atoms with E-state index in [-0.39, 0.29) is 30.3 Å². The van der Waals surface area contributed by atoms with Gasteiger partial charge in [-0.15, -0.1) is 0 Å². The number of fused-ring (bicyclic) bond motifs is 1. The van der Waals surface area contributed by atoms with Gasteiger partial charge in [0.2, 0.25) is 11.8 Å². The maximum atomic E-state index is 12.0. The molecule has 0 spiro atoms. The maximum absolute atomic E-state index is 12.0. The number of rotatable bonds is 5. The van der Waals surface area contributed by atoms with E-state index in [0.717, 1.165) is 25.9 Å². The summed E-state index contributed by atoms with van der Waals surface area (Å²) in [5, 5.41) is 5.69. The molecule has 2 saturated heterocycles. The third kappa shape index (κ3) is 4.17. The van der Waals surface area contributed by atoms with Crippen molar-refractivity contribution in [3.63, 3.8) is 0 Å². The van der Waals surface area contributed by atoms with Crippen molar-refractivity contribution in [1.82, 2.24) is 15.5 Å². The Labute approximate surface area is 126 Å². The number of hydrogen-bond donors (Lipinski definition) is 3. The van der Waals surface area contributed by atoms with Crippen molar-refractivity contribution in [2.24, 2.45) is 11.7 Å². The van der Waals surface area contributed by atoms with Crippen LogP contribution in [0.4, 0.5) is 0 Å². The van der Waals surface area contributed by atoms with Gasteiger partial charge in [-0.25, -0.2) is 0 Å². The Morgan fingerprint density at radius 2 is 2.00 bits per heavy atom. The van der Waals surface area contributed by atoms with E-state index in [2.05, 4.69) is 15.5 Å². The number of hydrogen-bond acceptors (Lipinski definition) is 4. The molecule has 0 bridgehead atoms. The summed E-state index contributed by atoms with van der Waals surface area (Å²) in [7, 11) is 0. The van der Waals surface area contributed by atoms with Gasteiger partial charge < -0.3 is 16.4 Å². The first-order valence-corrected chi connectivity index (χ1v) is 8.05. The van der Waals surface area contributed by atoms with Crippen LogP contribution >= 0.6 is 0 Å². The molecule has 4 N–H and O–H groups in total. The number of carbonyl (C=O) groups is 2. The number of nitrogens with zero attached hydrogens (tertiary/aromatic N) is 1. The van der Waals surface area contributed by atoms with Crippen LogP contribution in [0.25, 0.3) is 0 Å². The fourth-order valence-corrected chi connectivity index (χ4v) is 3.26. The highest BCUT2D eigenvalue weighted by atomic mass is 16.2. The van der Waals surface area contributed by atoms with Crippen LogP contribution in [-0.2, 0) is 9.59 Å². The molecule has 6 nitrogen and oxygen atoms in total. The summed E-state index contributed by atoms with van der Waals surface area (Å²) in [5.74, 6) is -0.304. The summed E-state index contributed by atoms with van der Waals surface area (Å²) >= 11 is 0. The molecule has 0 aromatic carbocycles. The molecule has 0 aliphatic carbocycles. The topological polar surface area (TPSA) is 87.5 Å². The van der Waals surface area contributed by atoms with Crippen molar-refractivity contribution in [2.75, 3.05) is 19.6 Å². The lowest BCUT2D eigenvalue weighted by Crippen LogP contribution is -2.51. The normalized spacial score (nSPS) is 27.2. The highest BCUT2D eigenvalue weighted by Gasteiger charge is 2.36. The van der Waals surface area contributed by atoms with Crippen LogP contribution in [0.2, 0.25) is 0 Å². The third-order valence-electron chi connectivity index (χ3n) is 4.65. The van der Waals surface area contributed by atoms with Gasteiger partial charge in [-0.1, -0.05) is 20.3 Å². The van der Waals surface area contributed by atoms with Gasteiger partial charge in [-0.2, -0.15) is 0 Å². The summed E-state index contributed by atoms with van der Waals surface area (Å²) in [6, 6.07) is 0.155. The Bertz CT molecular complexity index is 386. The predicted octanol–water partition coefficient (Wildman–Crippen LogP) is -0.171. The van der Waals surface area contributed by atoms with E-state index in [4.69, 9.17) is 5.73 Å². The van der Waals surface area contributed by atoms with E-state index in [1.807, 2.05) is 13.8 Å². The first-order valence-electron chi connectivity index (χ1n) is 8.05.